The summed E-state index contributed by atoms with van der Waals surface area (Å²) >= 11 is 0. The Balaban J connectivity index is 1.69. The number of carbonyl (C=O) groups is 2. The van der Waals surface area contributed by atoms with Crippen LogP contribution in [0.25, 0.3) is 0 Å². The topological polar surface area (TPSA) is 92.9 Å². The molecule has 0 bridgehead atoms. The molecule has 0 radical (unpaired) electrons. The first kappa shape index (κ1) is 12.4. The van der Waals surface area contributed by atoms with Crippen molar-refractivity contribution in [1.29, 1.82) is 0 Å². The zero-order chi connectivity index (χ0) is 13.1. The van der Waals surface area contributed by atoms with Gasteiger partial charge in [0.05, 0.1) is 6.42 Å². The Bertz CT molecular complexity index is 450. The van der Waals surface area contributed by atoms with Crippen LogP contribution in [0, 0.1) is 12.8 Å². The van der Waals surface area contributed by atoms with Crippen LogP contribution in [0.1, 0.15) is 12.2 Å². The molecule has 0 atom stereocenters. The summed E-state index contributed by atoms with van der Waals surface area (Å²) in [5.74, 6) is -0.0501. The third-order valence-corrected chi connectivity index (χ3v) is 2.72. The molecule has 0 saturated carbocycles. The van der Waals surface area contributed by atoms with Crippen LogP contribution < -0.4 is 4.74 Å². The number of carboxylic acids is 1. The minimum atomic E-state index is -0.832. The summed E-state index contributed by atoms with van der Waals surface area (Å²) in [6, 6.07) is 1.59. The Labute approximate surface area is 103 Å². The van der Waals surface area contributed by atoms with Gasteiger partial charge in [-0.2, -0.15) is 0 Å². The van der Waals surface area contributed by atoms with Gasteiger partial charge >= 0.3 is 5.97 Å². The lowest BCUT2D eigenvalue weighted by molar-refractivity contribution is -0.146. The van der Waals surface area contributed by atoms with Gasteiger partial charge in [-0.3, -0.25) is 9.59 Å². The van der Waals surface area contributed by atoms with Crippen molar-refractivity contribution in [3.05, 3.63) is 11.8 Å². The van der Waals surface area contributed by atoms with E-state index >= 15 is 0 Å². The van der Waals surface area contributed by atoms with E-state index in [1.165, 1.54) is 0 Å². The van der Waals surface area contributed by atoms with Gasteiger partial charge in [0.25, 0.3) is 11.8 Å². The van der Waals surface area contributed by atoms with E-state index in [0.29, 0.717) is 18.8 Å². The van der Waals surface area contributed by atoms with E-state index in [9.17, 15) is 9.59 Å². The summed E-state index contributed by atoms with van der Waals surface area (Å²) in [5.41, 5.74) is 0. The van der Waals surface area contributed by atoms with E-state index in [0.717, 1.165) is 0 Å². The van der Waals surface area contributed by atoms with Gasteiger partial charge in [-0.25, -0.2) is 0 Å². The number of rotatable bonds is 5. The summed E-state index contributed by atoms with van der Waals surface area (Å²) in [4.78, 5) is 23.6. The van der Waals surface area contributed by atoms with E-state index in [1.54, 1.807) is 17.9 Å². The van der Waals surface area contributed by atoms with Crippen LogP contribution in [0.4, 0.5) is 0 Å². The predicted molar refractivity (Wildman–Crippen MR) is 59.1 cm³/mol. The number of hydrogen-bond donors (Lipinski definition) is 1. The van der Waals surface area contributed by atoms with Crippen molar-refractivity contribution in [3.63, 3.8) is 0 Å². The van der Waals surface area contributed by atoms with Gasteiger partial charge in [-0.05, 0) is 12.1 Å². The Hall–Kier alpha value is -2.05. The fourth-order valence-corrected chi connectivity index (χ4v) is 1.79. The summed E-state index contributed by atoms with van der Waals surface area (Å²) in [7, 11) is 0. The second-order valence-corrected chi connectivity index (χ2v) is 4.33. The van der Waals surface area contributed by atoms with Crippen LogP contribution in [0.2, 0.25) is 0 Å². The molecule has 0 aliphatic carbocycles. The average molecular weight is 254 g/mol. The highest BCUT2D eigenvalue weighted by Gasteiger charge is 2.32. The summed E-state index contributed by atoms with van der Waals surface area (Å²) in [6.45, 7) is 2.58. The maximum Gasteiger partial charge on any atom is 0.303 e. The molecular formula is C11H14N2O5. The Morgan fingerprint density at radius 3 is 2.89 bits per heavy atom. The Kier molecular flexibility index (Phi) is 3.50. The number of amides is 1. The van der Waals surface area contributed by atoms with Gasteiger partial charge < -0.3 is 19.3 Å². The van der Waals surface area contributed by atoms with E-state index in [4.69, 9.17) is 14.4 Å². The molecule has 2 rings (SSSR count). The van der Waals surface area contributed by atoms with Crippen LogP contribution in [0.5, 0.6) is 5.88 Å². The second-order valence-electron chi connectivity index (χ2n) is 4.33. The minimum absolute atomic E-state index is 0.0562. The summed E-state index contributed by atoms with van der Waals surface area (Å²) in [5, 5.41) is 12.2. The molecule has 1 aliphatic rings. The number of likely N-dealkylation sites (tertiary alicyclic amines) is 1. The highest BCUT2D eigenvalue weighted by molar-refractivity contribution is 5.79. The maximum atomic E-state index is 11.6. The van der Waals surface area contributed by atoms with Crippen LogP contribution in [-0.4, -0.2) is 46.7 Å². The van der Waals surface area contributed by atoms with E-state index in [-0.39, 0.29) is 30.7 Å². The number of ether oxygens (including phenoxy) is 1. The molecule has 1 aromatic rings. The molecule has 0 unspecified atom stereocenters. The molecule has 7 nitrogen and oxygen atoms in total. The smallest absolute Gasteiger partial charge is 0.303 e. The van der Waals surface area contributed by atoms with Gasteiger partial charge in [0, 0.05) is 25.1 Å². The number of aliphatic carboxylic acids is 1. The zero-order valence-corrected chi connectivity index (χ0v) is 9.96. The lowest BCUT2D eigenvalue weighted by Crippen LogP contribution is -2.52. The molecule has 1 aliphatic heterocycles. The quantitative estimate of drug-likeness (QED) is 0.812. The molecular weight excluding hydrogens is 240 g/mol. The van der Waals surface area contributed by atoms with Crippen molar-refractivity contribution in [3.8, 4) is 5.88 Å². The van der Waals surface area contributed by atoms with E-state index < -0.39 is 5.97 Å². The third-order valence-electron chi connectivity index (χ3n) is 2.72. The highest BCUT2D eigenvalue weighted by Crippen LogP contribution is 2.19. The number of aromatic nitrogens is 1. The first-order valence-corrected chi connectivity index (χ1v) is 5.60. The van der Waals surface area contributed by atoms with Crippen LogP contribution >= 0.6 is 0 Å². The molecule has 2 heterocycles. The first-order valence-electron chi connectivity index (χ1n) is 5.60. The number of aryl methyl sites for hydroxylation is 1. The van der Waals surface area contributed by atoms with Crippen molar-refractivity contribution in [2.75, 3.05) is 19.7 Å². The maximum absolute atomic E-state index is 11.6. The van der Waals surface area contributed by atoms with Crippen molar-refractivity contribution >= 4 is 11.9 Å². The van der Waals surface area contributed by atoms with Crippen LogP contribution in [-0.2, 0) is 9.59 Å². The second kappa shape index (κ2) is 5.07. The van der Waals surface area contributed by atoms with Crippen LogP contribution in [0.15, 0.2) is 10.6 Å². The number of hydrogen-bond acceptors (Lipinski definition) is 5. The number of carboxylic acid groups (broad SMARTS) is 1. The molecule has 1 fully saturated rings. The molecule has 1 aromatic heterocycles. The fraction of sp³-hybridized carbons (Fsp3) is 0.545. The van der Waals surface area contributed by atoms with Gasteiger partial charge in [0.2, 0.25) is 0 Å². The molecule has 0 spiro atoms. The van der Waals surface area contributed by atoms with Crippen molar-refractivity contribution < 1.29 is 24.0 Å². The SMILES string of the molecule is Cc1cc(OCC(=O)N2CC(CC(=O)O)C2)no1. The van der Waals surface area contributed by atoms with Crippen molar-refractivity contribution in [1.82, 2.24) is 10.1 Å². The number of carbonyl (C=O) groups excluding carboxylic acids is 1. The van der Waals surface area contributed by atoms with Gasteiger partial charge in [0.1, 0.15) is 5.76 Å². The molecule has 1 saturated heterocycles. The highest BCUT2D eigenvalue weighted by atomic mass is 16.5. The van der Waals surface area contributed by atoms with Crippen LogP contribution in [0.3, 0.4) is 0 Å². The minimum Gasteiger partial charge on any atom is -0.481 e. The van der Waals surface area contributed by atoms with Crippen molar-refractivity contribution in [2.45, 2.75) is 13.3 Å². The standard InChI is InChI=1S/C11H14N2O5/c1-7-2-9(12-18-7)17-6-10(14)13-4-8(5-13)3-11(15)16/h2,8H,3-6H2,1H3,(H,15,16). The Morgan fingerprint density at radius 2 is 2.33 bits per heavy atom. The van der Waals surface area contributed by atoms with E-state index in [2.05, 4.69) is 5.16 Å². The normalized spacial score (nSPS) is 15.3. The fourth-order valence-electron chi connectivity index (χ4n) is 1.79. The summed E-state index contributed by atoms with van der Waals surface area (Å²) < 4.78 is 9.94. The average Bonchev–Trinajstić information content (AvgIpc) is 2.65. The van der Waals surface area contributed by atoms with E-state index in [1.807, 2.05) is 0 Å². The molecule has 0 aromatic carbocycles. The lowest BCUT2D eigenvalue weighted by atomic mass is 9.96. The van der Waals surface area contributed by atoms with Gasteiger partial charge in [-0.15, -0.1) is 0 Å². The lowest BCUT2D eigenvalue weighted by Gasteiger charge is -2.38. The molecule has 1 amide bonds. The van der Waals surface area contributed by atoms with Crippen molar-refractivity contribution in [2.24, 2.45) is 5.92 Å². The molecule has 98 valence electrons. The largest absolute Gasteiger partial charge is 0.481 e. The summed E-state index contributed by atoms with van der Waals surface area (Å²) in [6.07, 6.45) is 0.104. The monoisotopic (exact) mass is 254 g/mol. The van der Waals surface area contributed by atoms with Gasteiger partial charge in [-0.1, -0.05) is 0 Å². The van der Waals surface area contributed by atoms with Gasteiger partial charge in [0.15, 0.2) is 6.61 Å². The third kappa shape index (κ3) is 2.99. The molecule has 18 heavy (non-hydrogen) atoms. The number of nitrogens with zero attached hydrogens (tertiary/aromatic N) is 2. The molecule has 7 heteroatoms. The Morgan fingerprint density at radius 1 is 1.61 bits per heavy atom. The predicted octanol–water partition coefficient (Wildman–Crippen LogP) is 0.295. The first-order chi connectivity index (χ1) is 8.54. The zero-order valence-electron chi connectivity index (χ0n) is 9.96. The molecule has 1 N–H and O–H groups in total.